The average Bonchev–Trinajstić information content (AvgIpc) is 2.14. The second-order valence-electron chi connectivity index (χ2n) is 3.13. The molecule has 1 rings (SSSR count). The first-order chi connectivity index (χ1) is 7.23. The molecule has 88 valence electrons. The van der Waals surface area contributed by atoms with Crippen molar-refractivity contribution in [3.8, 4) is 0 Å². The molecule has 0 N–H and O–H groups in total. The molecular weight excluding hydrogens is 339 g/mol. The Labute approximate surface area is 112 Å². The third-order valence-electron chi connectivity index (χ3n) is 1.78. The fourth-order valence-electron chi connectivity index (χ4n) is 1.01. The monoisotopic (exact) mass is 344 g/mol. The van der Waals surface area contributed by atoms with E-state index in [-0.39, 0.29) is 10.6 Å². The minimum Gasteiger partial charge on any atom is -0.292 e. The van der Waals surface area contributed by atoms with Crippen LogP contribution in [0, 0.1) is 0 Å². The summed E-state index contributed by atoms with van der Waals surface area (Å²) in [6.07, 6.45) is 0.966. The van der Waals surface area contributed by atoms with Gasteiger partial charge in [0, 0.05) is 16.8 Å². The van der Waals surface area contributed by atoms with E-state index in [1.165, 1.54) is 18.2 Å². The molecule has 0 saturated carbocycles. The molecule has 0 aromatic heterocycles. The number of Topliss-reactive ketones (excluding diaryl/α,β-unsaturated/α-hetero) is 1. The Morgan fingerprint density at radius 2 is 1.94 bits per heavy atom. The SMILES string of the molecule is CS(=O)(=O)[C@H](Br)C(=O)c1ccc(Cl)cc1Cl. The van der Waals surface area contributed by atoms with Gasteiger partial charge in [-0.15, -0.1) is 0 Å². The first kappa shape index (κ1) is 14.0. The van der Waals surface area contributed by atoms with Crippen molar-refractivity contribution in [1.82, 2.24) is 0 Å². The van der Waals surface area contributed by atoms with Crippen molar-refractivity contribution in [1.29, 1.82) is 0 Å². The zero-order chi connectivity index (χ0) is 12.5. The Balaban J connectivity index is 3.16. The number of ketones is 1. The molecular formula is C9H7BrCl2O3S. The summed E-state index contributed by atoms with van der Waals surface area (Å²) in [5.74, 6) is -0.607. The van der Waals surface area contributed by atoms with Gasteiger partial charge in [0.15, 0.2) is 19.8 Å². The van der Waals surface area contributed by atoms with Gasteiger partial charge in [-0.1, -0.05) is 39.1 Å². The third-order valence-corrected chi connectivity index (χ3v) is 5.75. The fourth-order valence-corrected chi connectivity index (χ4v) is 2.27. The van der Waals surface area contributed by atoms with Crippen molar-refractivity contribution in [2.45, 2.75) is 4.16 Å². The molecule has 0 saturated heterocycles. The number of carbonyl (C=O) groups is 1. The molecule has 0 bridgehead atoms. The van der Waals surface area contributed by atoms with Crippen molar-refractivity contribution in [2.75, 3.05) is 6.26 Å². The van der Waals surface area contributed by atoms with E-state index < -0.39 is 19.8 Å². The van der Waals surface area contributed by atoms with Gasteiger partial charge in [-0.05, 0) is 18.2 Å². The van der Waals surface area contributed by atoms with E-state index in [0.717, 1.165) is 6.26 Å². The summed E-state index contributed by atoms with van der Waals surface area (Å²) in [5, 5.41) is 0.512. The lowest BCUT2D eigenvalue weighted by molar-refractivity contribution is 0.101. The average molecular weight is 346 g/mol. The van der Waals surface area contributed by atoms with Gasteiger partial charge in [0.2, 0.25) is 0 Å². The van der Waals surface area contributed by atoms with E-state index in [1.807, 2.05) is 0 Å². The number of halogens is 3. The number of alkyl halides is 1. The molecule has 3 nitrogen and oxygen atoms in total. The Hall–Kier alpha value is -0.100. The van der Waals surface area contributed by atoms with Crippen LogP contribution in [0.25, 0.3) is 0 Å². The standard InChI is InChI=1S/C9H7BrCl2O3S/c1-16(14,15)9(10)8(13)6-3-2-5(11)4-7(6)12/h2-4,9H,1H3/t9-/m0/s1. The van der Waals surface area contributed by atoms with E-state index in [0.29, 0.717) is 5.02 Å². The summed E-state index contributed by atoms with van der Waals surface area (Å²) in [4.78, 5) is 11.8. The first-order valence-electron chi connectivity index (χ1n) is 4.05. The van der Waals surface area contributed by atoms with Gasteiger partial charge in [0.05, 0.1) is 5.02 Å². The number of benzene rings is 1. The molecule has 0 radical (unpaired) electrons. The van der Waals surface area contributed by atoms with Crippen LogP contribution in [-0.4, -0.2) is 24.6 Å². The Morgan fingerprint density at radius 3 is 2.38 bits per heavy atom. The highest BCUT2D eigenvalue weighted by Gasteiger charge is 2.28. The largest absolute Gasteiger partial charge is 0.292 e. The van der Waals surface area contributed by atoms with Crippen LogP contribution in [0.2, 0.25) is 10.0 Å². The van der Waals surface area contributed by atoms with Gasteiger partial charge >= 0.3 is 0 Å². The van der Waals surface area contributed by atoms with Gasteiger partial charge in [-0.3, -0.25) is 4.79 Å². The summed E-state index contributed by atoms with van der Waals surface area (Å²) in [6, 6.07) is 4.26. The maximum Gasteiger partial charge on any atom is 0.193 e. The van der Waals surface area contributed by atoms with Crippen molar-refractivity contribution < 1.29 is 13.2 Å². The van der Waals surface area contributed by atoms with Crippen LogP contribution in [0.5, 0.6) is 0 Å². The molecule has 0 fully saturated rings. The number of rotatable bonds is 3. The van der Waals surface area contributed by atoms with Crippen LogP contribution < -0.4 is 0 Å². The smallest absolute Gasteiger partial charge is 0.193 e. The minimum absolute atomic E-state index is 0.123. The van der Waals surface area contributed by atoms with Gasteiger partial charge in [0.1, 0.15) is 0 Å². The minimum atomic E-state index is -3.50. The number of sulfone groups is 1. The third kappa shape index (κ3) is 3.20. The maximum absolute atomic E-state index is 11.8. The topological polar surface area (TPSA) is 51.2 Å². The number of hydrogen-bond acceptors (Lipinski definition) is 3. The highest BCUT2D eigenvalue weighted by Crippen LogP contribution is 2.25. The van der Waals surface area contributed by atoms with Gasteiger partial charge in [-0.25, -0.2) is 8.42 Å². The number of carbonyl (C=O) groups excluding carboxylic acids is 1. The quantitative estimate of drug-likeness (QED) is 0.625. The zero-order valence-electron chi connectivity index (χ0n) is 8.08. The second-order valence-corrected chi connectivity index (χ2v) is 7.63. The summed E-state index contributed by atoms with van der Waals surface area (Å²) in [7, 11) is -3.50. The molecule has 0 spiro atoms. The van der Waals surface area contributed by atoms with E-state index >= 15 is 0 Å². The molecule has 16 heavy (non-hydrogen) atoms. The lowest BCUT2D eigenvalue weighted by Gasteiger charge is -2.08. The van der Waals surface area contributed by atoms with Crippen molar-refractivity contribution in [3.05, 3.63) is 33.8 Å². The predicted molar refractivity (Wildman–Crippen MR) is 68.4 cm³/mol. The molecule has 1 aromatic carbocycles. The molecule has 0 heterocycles. The highest BCUT2D eigenvalue weighted by atomic mass is 79.9. The van der Waals surface area contributed by atoms with Gasteiger partial charge in [-0.2, -0.15) is 0 Å². The molecule has 1 aromatic rings. The normalized spacial score (nSPS) is 13.5. The van der Waals surface area contributed by atoms with Crippen LogP contribution in [-0.2, 0) is 9.84 Å². The summed E-state index contributed by atoms with van der Waals surface area (Å²) < 4.78 is 21.1. The zero-order valence-corrected chi connectivity index (χ0v) is 12.0. The van der Waals surface area contributed by atoms with Crippen LogP contribution in [0.4, 0.5) is 0 Å². The maximum atomic E-state index is 11.8. The van der Waals surface area contributed by atoms with E-state index in [2.05, 4.69) is 15.9 Å². The van der Waals surface area contributed by atoms with Crippen molar-refractivity contribution in [2.24, 2.45) is 0 Å². The van der Waals surface area contributed by atoms with Gasteiger partial charge < -0.3 is 0 Å². The lowest BCUT2D eigenvalue weighted by atomic mass is 10.1. The van der Waals surface area contributed by atoms with Crippen LogP contribution in [0.3, 0.4) is 0 Å². The van der Waals surface area contributed by atoms with Gasteiger partial charge in [0.25, 0.3) is 0 Å². The summed E-state index contributed by atoms with van der Waals surface area (Å²) in [5.41, 5.74) is 0.123. The molecule has 0 unspecified atom stereocenters. The van der Waals surface area contributed by atoms with E-state index in [9.17, 15) is 13.2 Å². The van der Waals surface area contributed by atoms with Crippen LogP contribution >= 0.6 is 39.1 Å². The Kier molecular flexibility index (Phi) is 4.40. The molecule has 0 aliphatic heterocycles. The highest BCUT2D eigenvalue weighted by molar-refractivity contribution is 9.11. The summed E-state index contributed by atoms with van der Waals surface area (Å²) in [6.45, 7) is 0. The van der Waals surface area contributed by atoms with Crippen molar-refractivity contribution in [3.63, 3.8) is 0 Å². The van der Waals surface area contributed by atoms with E-state index in [4.69, 9.17) is 23.2 Å². The number of hydrogen-bond donors (Lipinski definition) is 0. The van der Waals surface area contributed by atoms with Crippen molar-refractivity contribution >= 4 is 54.8 Å². The predicted octanol–water partition coefficient (Wildman–Crippen LogP) is 2.94. The molecule has 0 amide bonds. The van der Waals surface area contributed by atoms with Crippen LogP contribution in [0.1, 0.15) is 10.4 Å². The fraction of sp³-hybridized carbons (Fsp3) is 0.222. The molecule has 7 heteroatoms. The van der Waals surface area contributed by atoms with E-state index in [1.54, 1.807) is 0 Å². The first-order valence-corrected chi connectivity index (χ1v) is 7.68. The molecule has 1 atom stereocenters. The Bertz CT molecular complexity index is 528. The molecule has 0 aliphatic rings. The van der Waals surface area contributed by atoms with Crippen LogP contribution in [0.15, 0.2) is 18.2 Å². The second kappa shape index (κ2) is 5.04. The summed E-state index contributed by atoms with van der Waals surface area (Å²) >= 11 is 14.3. The molecule has 0 aliphatic carbocycles. The lowest BCUT2D eigenvalue weighted by Crippen LogP contribution is -2.23. The Morgan fingerprint density at radius 1 is 1.38 bits per heavy atom.